The van der Waals surface area contributed by atoms with Gasteiger partial charge in [0, 0.05) is 35.3 Å². The minimum absolute atomic E-state index is 0.00513. The van der Waals surface area contributed by atoms with E-state index in [9.17, 15) is 22.4 Å². The molecular weight excluding hydrogens is 462 g/mol. The number of benzene rings is 2. The molecule has 3 aromatic rings. The zero-order valence-corrected chi connectivity index (χ0v) is 19.3. The lowest BCUT2D eigenvalue weighted by molar-refractivity contribution is -0.139. The van der Waals surface area contributed by atoms with Gasteiger partial charge in [-0.1, -0.05) is 17.3 Å². The van der Waals surface area contributed by atoms with Crippen LogP contribution < -0.4 is 5.32 Å². The molecular formula is C26H23F4N3O2. The SMILES string of the molecule is Cc1ccc(-c2cc(C(=O)NC(C)C)cc(C3=NOC(c4ncccc4C(F)(F)F)C3)c2)c(F)c1. The molecule has 0 bridgehead atoms. The third-order valence-electron chi connectivity index (χ3n) is 5.50. The molecule has 0 radical (unpaired) electrons. The van der Waals surface area contributed by atoms with Crippen molar-refractivity contribution >= 4 is 11.6 Å². The number of nitrogens with zero attached hydrogens (tertiary/aromatic N) is 2. The van der Waals surface area contributed by atoms with Crippen LogP contribution in [0.5, 0.6) is 0 Å². The molecule has 35 heavy (non-hydrogen) atoms. The van der Waals surface area contributed by atoms with Crippen molar-refractivity contribution in [2.24, 2.45) is 5.16 Å². The maximum Gasteiger partial charge on any atom is 0.418 e. The second kappa shape index (κ2) is 9.48. The first-order chi connectivity index (χ1) is 16.5. The molecule has 0 aliphatic carbocycles. The number of pyridine rings is 1. The van der Waals surface area contributed by atoms with E-state index < -0.39 is 23.7 Å². The summed E-state index contributed by atoms with van der Waals surface area (Å²) in [5.74, 6) is -0.820. The Balaban J connectivity index is 1.73. The predicted octanol–water partition coefficient (Wildman–Crippen LogP) is 6.22. The number of amides is 1. The fourth-order valence-electron chi connectivity index (χ4n) is 3.89. The van der Waals surface area contributed by atoms with Gasteiger partial charge < -0.3 is 10.2 Å². The van der Waals surface area contributed by atoms with E-state index >= 15 is 0 Å². The van der Waals surface area contributed by atoms with E-state index in [-0.39, 0.29) is 35.2 Å². The zero-order chi connectivity index (χ0) is 25.3. The Kier molecular flexibility index (Phi) is 6.60. The van der Waals surface area contributed by atoms with E-state index in [0.717, 1.165) is 11.6 Å². The first-order valence-electron chi connectivity index (χ1n) is 11.0. The quantitative estimate of drug-likeness (QED) is 0.437. The molecule has 0 fully saturated rings. The van der Waals surface area contributed by atoms with Crippen molar-refractivity contribution in [1.82, 2.24) is 10.3 Å². The van der Waals surface area contributed by atoms with Crippen molar-refractivity contribution in [3.8, 4) is 11.1 Å². The molecule has 5 nitrogen and oxygen atoms in total. The van der Waals surface area contributed by atoms with Gasteiger partial charge in [-0.15, -0.1) is 0 Å². The molecule has 1 unspecified atom stereocenters. The van der Waals surface area contributed by atoms with Gasteiger partial charge in [0.1, 0.15) is 5.82 Å². The van der Waals surface area contributed by atoms with E-state index in [0.29, 0.717) is 16.8 Å². The molecule has 0 saturated heterocycles. The van der Waals surface area contributed by atoms with Crippen LogP contribution in [0.3, 0.4) is 0 Å². The maximum atomic E-state index is 14.8. The van der Waals surface area contributed by atoms with Crippen LogP contribution in [-0.2, 0) is 11.0 Å². The average Bonchev–Trinajstić information content (AvgIpc) is 3.28. The van der Waals surface area contributed by atoms with E-state index in [2.05, 4.69) is 15.5 Å². The summed E-state index contributed by atoms with van der Waals surface area (Å²) in [5, 5.41) is 6.80. The highest BCUT2D eigenvalue weighted by atomic mass is 19.4. The summed E-state index contributed by atoms with van der Waals surface area (Å²) in [7, 11) is 0. The Morgan fingerprint density at radius 1 is 1.11 bits per heavy atom. The van der Waals surface area contributed by atoms with Crippen molar-refractivity contribution < 1.29 is 27.2 Å². The maximum absolute atomic E-state index is 14.8. The molecule has 1 aliphatic rings. The van der Waals surface area contributed by atoms with E-state index in [4.69, 9.17) is 4.84 Å². The highest BCUT2D eigenvalue weighted by molar-refractivity contribution is 6.05. The van der Waals surface area contributed by atoms with Crippen LogP contribution in [0.25, 0.3) is 11.1 Å². The average molecular weight is 485 g/mol. The van der Waals surface area contributed by atoms with Crippen molar-refractivity contribution in [1.29, 1.82) is 0 Å². The number of aryl methyl sites for hydroxylation is 1. The first kappa shape index (κ1) is 24.4. The standard InChI is InChI=1S/C26H23F4N3O2/c1-14(2)32-25(34)18-11-16(19-7-6-15(3)9-21(19)27)10-17(12-18)22-13-23(35-33-22)24-20(26(28,29)30)5-4-8-31-24/h4-12,14,23H,13H2,1-3H3,(H,32,34). The Morgan fingerprint density at radius 2 is 1.86 bits per heavy atom. The van der Waals surface area contributed by atoms with Gasteiger partial charge in [0.15, 0.2) is 6.10 Å². The van der Waals surface area contributed by atoms with Crippen LogP contribution in [0.4, 0.5) is 17.6 Å². The van der Waals surface area contributed by atoms with Crippen molar-refractivity contribution in [2.45, 2.75) is 45.5 Å². The Labute approximate surface area is 199 Å². The first-order valence-corrected chi connectivity index (χ1v) is 11.0. The number of hydrogen-bond acceptors (Lipinski definition) is 4. The number of alkyl halides is 3. The molecule has 1 aromatic heterocycles. The fraction of sp³-hybridized carbons (Fsp3) is 0.269. The van der Waals surface area contributed by atoms with Crippen LogP contribution in [0, 0.1) is 12.7 Å². The van der Waals surface area contributed by atoms with Crippen LogP contribution in [0.1, 0.15) is 59.1 Å². The summed E-state index contributed by atoms with van der Waals surface area (Å²) >= 11 is 0. The summed E-state index contributed by atoms with van der Waals surface area (Å²) in [4.78, 5) is 22.0. The second-order valence-electron chi connectivity index (χ2n) is 8.68. The molecule has 1 N–H and O–H groups in total. The summed E-state index contributed by atoms with van der Waals surface area (Å²) in [6.07, 6.45) is -4.37. The van der Waals surface area contributed by atoms with Crippen LogP contribution in [0.2, 0.25) is 0 Å². The Morgan fingerprint density at radius 3 is 2.54 bits per heavy atom. The normalized spacial score (nSPS) is 15.7. The molecule has 4 rings (SSSR count). The van der Waals surface area contributed by atoms with Gasteiger partial charge >= 0.3 is 6.18 Å². The molecule has 1 aliphatic heterocycles. The van der Waals surface area contributed by atoms with Gasteiger partial charge in [0.25, 0.3) is 5.91 Å². The van der Waals surface area contributed by atoms with Crippen molar-refractivity contribution in [3.05, 3.63) is 88.5 Å². The number of aromatic nitrogens is 1. The summed E-state index contributed by atoms with van der Waals surface area (Å²) in [6, 6.07) is 11.6. The minimum atomic E-state index is -4.60. The Hall–Kier alpha value is -3.75. The highest BCUT2D eigenvalue weighted by Gasteiger charge is 2.38. The lowest BCUT2D eigenvalue weighted by Crippen LogP contribution is -2.30. The van der Waals surface area contributed by atoms with Crippen molar-refractivity contribution in [2.75, 3.05) is 0 Å². The largest absolute Gasteiger partial charge is 0.418 e. The number of oxime groups is 1. The summed E-state index contributed by atoms with van der Waals surface area (Å²) in [5.41, 5.74) is 1.36. The monoisotopic (exact) mass is 485 g/mol. The molecule has 1 atom stereocenters. The molecule has 2 heterocycles. The second-order valence-corrected chi connectivity index (χ2v) is 8.68. The number of hydrogen-bond donors (Lipinski definition) is 1. The van der Waals surface area contributed by atoms with Gasteiger partial charge in [-0.25, -0.2) is 4.39 Å². The van der Waals surface area contributed by atoms with E-state index in [1.54, 1.807) is 37.3 Å². The third-order valence-corrected chi connectivity index (χ3v) is 5.50. The third kappa shape index (κ3) is 5.34. The Bertz CT molecular complexity index is 1300. The topological polar surface area (TPSA) is 63.6 Å². The van der Waals surface area contributed by atoms with Gasteiger partial charge in [0.05, 0.1) is 17.0 Å². The van der Waals surface area contributed by atoms with Crippen molar-refractivity contribution in [3.63, 3.8) is 0 Å². The van der Waals surface area contributed by atoms with E-state index in [1.807, 2.05) is 13.8 Å². The predicted molar refractivity (Wildman–Crippen MR) is 123 cm³/mol. The number of halogens is 4. The molecule has 1 amide bonds. The number of rotatable bonds is 5. The highest BCUT2D eigenvalue weighted by Crippen LogP contribution is 2.38. The summed E-state index contributed by atoms with van der Waals surface area (Å²) in [6.45, 7) is 5.39. The van der Waals surface area contributed by atoms with Gasteiger partial charge in [0.2, 0.25) is 0 Å². The number of nitrogens with one attached hydrogen (secondary N) is 1. The molecule has 0 saturated carbocycles. The smallest absolute Gasteiger partial charge is 0.385 e. The molecule has 9 heteroatoms. The van der Waals surface area contributed by atoms with Crippen LogP contribution in [-0.4, -0.2) is 22.6 Å². The number of carbonyl (C=O) groups excluding carboxylic acids is 1. The minimum Gasteiger partial charge on any atom is -0.385 e. The van der Waals surface area contributed by atoms with Gasteiger partial charge in [-0.3, -0.25) is 9.78 Å². The fourth-order valence-corrected chi connectivity index (χ4v) is 3.89. The molecule has 0 spiro atoms. The lowest BCUT2D eigenvalue weighted by Gasteiger charge is -2.15. The van der Waals surface area contributed by atoms with Crippen LogP contribution in [0.15, 0.2) is 59.9 Å². The molecule has 182 valence electrons. The lowest BCUT2D eigenvalue weighted by atomic mass is 9.94. The van der Waals surface area contributed by atoms with Gasteiger partial charge in [-0.05, 0) is 68.3 Å². The molecule has 2 aromatic carbocycles. The van der Waals surface area contributed by atoms with Crippen LogP contribution >= 0.6 is 0 Å². The zero-order valence-electron chi connectivity index (χ0n) is 19.3. The number of carbonyl (C=O) groups is 1. The summed E-state index contributed by atoms with van der Waals surface area (Å²) < 4.78 is 55.1. The van der Waals surface area contributed by atoms with Gasteiger partial charge in [-0.2, -0.15) is 13.2 Å². The van der Waals surface area contributed by atoms with E-state index in [1.165, 1.54) is 18.3 Å².